The number of hydrogen-bond acceptors (Lipinski definition) is 6. The van der Waals surface area contributed by atoms with Gasteiger partial charge in [-0.05, 0) is 49.2 Å². The molecule has 0 unspecified atom stereocenters. The first-order chi connectivity index (χ1) is 13.3. The number of methoxy groups -OCH3 is 1. The number of esters is 1. The van der Waals surface area contributed by atoms with Gasteiger partial charge in [-0.25, -0.2) is 4.79 Å². The molecule has 0 aliphatic heterocycles. The summed E-state index contributed by atoms with van der Waals surface area (Å²) in [5.41, 5.74) is 1.98. The molecule has 0 aliphatic rings. The third kappa shape index (κ3) is 5.94. The van der Waals surface area contributed by atoms with Crippen molar-refractivity contribution in [3.8, 4) is 17.2 Å². The van der Waals surface area contributed by atoms with Crippen LogP contribution in [0.5, 0.6) is 17.2 Å². The summed E-state index contributed by atoms with van der Waals surface area (Å²) in [7, 11) is 1.26. The van der Waals surface area contributed by atoms with E-state index in [1.54, 1.807) is 6.07 Å². The number of ketones is 1. The minimum atomic E-state index is -3.02. The standard InChI is InChI=1S/C20H20F2O6/c1-12-4-5-13(2)17(8-12)26-11-19(24)27-10-15(23)14-6-7-16(28-20(21)22)18(9-14)25-3/h4-9,20H,10-11H2,1-3H3. The summed E-state index contributed by atoms with van der Waals surface area (Å²) in [4.78, 5) is 24.0. The van der Waals surface area contributed by atoms with E-state index in [9.17, 15) is 18.4 Å². The van der Waals surface area contributed by atoms with E-state index in [-0.39, 0.29) is 23.7 Å². The lowest BCUT2D eigenvalue weighted by atomic mass is 10.1. The lowest BCUT2D eigenvalue weighted by Crippen LogP contribution is -2.19. The van der Waals surface area contributed by atoms with Crippen LogP contribution >= 0.6 is 0 Å². The number of carbonyl (C=O) groups is 2. The van der Waals surface area contributed by atoms with Crippen LogP contribution in [-0.4, -0.2) is 38.7 Å². The second-order valence-corrected chi connectivity index (χ2v) is 5.89. The first-order valence-corrected chi connectivity index (χ1v) is 8.32. The minimum absolute atomic E-state index is 0.0317. The SMILES string of the molecule is COc1cc(C(=O)COC(=O)COc2cc(C)ccc2C)ccc1OC(F)F. The third-order valence-electron chi connectivity index (χ3n) is 3.76. The number of rotatable bonds is 9. The molecule has 0 aliphatic carbocycles. The first kappa shape index (κ1) is 21.1. The Morgan fingerprint density at radius 2 is 1.71 bits per heavy atom. The minimum Gasteiger partial charge on any atom is -0.493 e. The van der Waals surface area contributed by atoms with E-state index in [1.165, 1.54) is 25.3 Å². The number of ether oxygens (including phenoxy) is 4. The highest BCUT2D eigenvalue weighted by Gasteiger charge is 2.16. The predicted octanol–water partition coefficient (Wildman–Crippen LogP) is 3.72. The third-order valence-corrected chi connectivity index (χ3v) is 3.76. The summed E-state index contributed by atoms with van der Waals surface area (Å²) in [5, 5.41) is 0. The second kappa shape index (κ2) is 9.68. The average Bonchev–Trinajstić information content (AvgIpc) is 2.66. The van der Waals surface area contributed by atoms with Crippen molar-refractivity contribution in [1.29, 1.82) is 0 Å². The van der Waals surface area contributed by atoms with E-state index in [1.807, 2.05) is 26.0 Å². The second-order valence-electron chi connectivity index (χ2n) is 5.89. The van der Waals surface area contributed by atoms with Crippen LogP contribution < -0.4 is 14.2 Å². The number of aryl methyl sites for hydroxylation is 2. The lowest BCUT2D eigenvalue weighted by Gasteiger charge is -2.11. The number of carbonyl (C=O) groups excluding carboxylic acids is 2. The highest BCUT2D eigenvalue weighted by molar-refractivity contribution is 5.98. The topological polar surface area (TPSA) is 71.1 Å². The molecule has 0 radical (unpaired) electrons. The van der Waals surface area contributed by atoms with Crippen molar-refractivity contribution in [2.75, 3.05) is 20.3 Å². The molecule has 0 fully saturated rings. The van der Waals surface area contributed by atoms with Crippen LogP contribution in [0.1, 0.15) is 21.5 Å². The normalized spacial score (nSPS) is 10.5. The molecule has 0 heterocycles. The molecular formula is C20H20F2O6. The van der Waals surface area contributed by atoms with Gasteiger partial charge in [-0.15, -0.1) is 0 Å². The van der Waals surface area contributed by atoms with Crippen molar-refractivity contribution in [3.63, 3.8) is 0 Å². The van der Waals surface area contributed by atoms with Gasteiger partial charge in [-0.2, -0.15) is 8.78 Å². The van der Waals surface area contributed by atoms with Crippen molar-refractivity contribution in [2.45, 2.75) is 20.5 Å². The number of benzene rings is 2. The summed E-state index contributed by atoms with van der Waals surface area (Å²) < 4.78 is 44.2. The lowest BCUT2D eigenvalue weighted by molar-refractivity contribution is -0.144. The summed E-state index contributed by atoms with van der Waals surface area (Å²) in [5.74, 6) is -0.910. The van der Waals surface area contributed by atoms with Gasteiger partial charge in [0.1, 0.15) is 5.75 Å². The quantitative estimate of drug-likeness (QED) is 0.477. The molecule has 2 aromatic rings. The smallest absolute Gasteiger partial charge is 0.387 e. The van der Waals surface area contributed by atoms with E-state index < -0.39 is 25.0 Å². The molecule has 0 amide bonds. The van der Waals surface area contributed by atoms with Crippen LogP contribution in [0.25, 0.3) is 0 Å². The zero-order valence-electron chi connectivity index (χ0n) is 15.7. The van der Waals surface area contributed by atoms with Crippen LogP contribution in [0.2, 0.25) is 0 Å². The Hall–Kier alpha value is -3.16. The molecule has 0 bridgehead atoms. The molecule has 6 nitrogen and oxygen atoms in total. The molecule has 150 valence electrons. The molecule has 0 spiro atoms. The van der Waals surface area contributed by atoms with E-state index in [0.29, 0.717) is 5.75 Å². The highest BCUT2D eigenvalue weighted by atomic mass is 19.3. The van der Waals surface area contributed by atoms with E-state index in [0.717, 1.165) is 11.1 Å². The maximum absolute atomic E-state index is 12.3. The molecular weight excluding hydrogens is 374 g/mol. The summed E-state index contributed by atoms with van der Waals surface area (Å²) in [6, 6.07) is 9.29. The van der Waals surface area contributed by atoms with Gasteiger partial charge in [0.25, 0.3) is 0 Å². The number of halogens is 2. The molecule has 2 aromatic carbocycles. The van der Waals surface area contributed by atoms with Crippen LogP contribution in [0.15, 0.2) is 36.4 Å². The Balaban J connectivity index is 1.90. The molecule has 0 saturated heterocycles. The molecule has 0 atom stereocenters. The van der Waals surface area contributed by atoms with E-state index >= 15 is 0 Å². The molecule has 8 heteroatoms. The Bertz CT molecular complexity index is 851. The molecule has 2 rings (SSSR count). The number of Topliss-reactive ketones (excluding diaryl/α,β-unsaturated/α-hetero) is 1. The number of hydrogen-bond donors (Lipinski definition) is 0. The van der Waals surface area contributed by atoms with Gasteiger partial charge in [0, 0.05) is 5.56 Å². The zero-order valence-corrected chi connectivity index (χ0v) is 15.7. The Morgan fingerprint density at radius 1 is 0.964 bits per heavy atom. The van der Waals surface area contributed by atoms with Crippen molar-refractivity contribution < 1.29 is 37.3 Å². The van der Waals surface area contributed by atoms with Crippen LogP contribution in [0.4, 0.5) is 8.78 Å². The fraction of sp³-hybridized carbons (Fsp3) is 0.300. The summed E-state index contributed by atoms with van der Waals surface area (Å²) in [6.07, 6.45) is 0. The van der Waals surface area contributed by atoms with Gasteiger partial charge < -0.3 is 18.9 Å². The summed E-state index contributed by atoms with van der Waals surface area (Å²) >= 11 is 0. The largest absolute Gasteiger partial charge is 0.493 e. The Kier molecular flexibility index (Phi) is 7.31. The Labute approximate surface area is 161 Å². The van der Waals surface area contributed by atoms with Crippen LogP contribution in [0.3, 0.4) is 0 Å². The monoisotopic (exact) mass is 394 g/mol. The molecule has 0 aromatic heterocycles. The molecule has 28 heavy (non-hydrogen) atoms. The molecule has 0 saturated carbocycles. The van der Waals surface area contributed by atoms with Gasteiger partial charge in [-0.1, -0.05) is 12.1 Å². The Morgan fingerprint density at radius 3 is 2.39 bits per heavy atom. The average molecular weight is 394 g/mol. The van der Waals surface area contributed by atoms with Crippen molar-refractivity contribution in [3.05, 3.63) is 53.1 Å². The van der Waals surface area contributed by atoms with E-state index in [2.05, 4.69) is 4.74 Å². The maximum Gasteiger partial charge on any atom is 0.387 e. The van der Waals surface area contributed by atoms with Gasteiger partial charge in [0.05, 0.1) is 7.11 Å². The fourth-order valence-corrected chi connectivity index (χ4v) is 2.30. The zero-order chi connectivity index (χ0) is 20.7. The van der Waals surface area contributed by atoms with Gasteiger partial charge >= 0.3 is 12.6 Å². The van der Waals surface area contributed by atoms with Gasteiger partial charge in [0.15, 0.2) is 30.5 Å². The van der Waals surface area contributed by atoms with Crippen molar-refractivity contribution in [2.24, 2.45) is 0 Å². The van der Waals surface area contributed by atoms with E-state index in [4.69, 9.17) is 14.2 Å². The predicted molar refractivity (Wildman–Crippen MR) is 96.3 cm³/mol. The van der Waals surface area contributed by atoms with Crippen LogP contribution in [-0.2, 0) is 9.53 Å². The highest BCUT2D eigenvalue weighted by Crippen LogP contribution is 2.29. The van der Waals surface area contributed by atoms with Gasteiger partial charge in [-0.3, -0.25) is 4.79 Å². The summed E-state index contributed by atoms with van der Waals surface area (Å²) in [6.45, 7) is -0.142. The number of alkyl halides is 2. The van der Waals surface area contributed by atoms with Gasteiger partial charge in [0.2, 0.25) is 0 Å². The van der Waals surface area contributed by atoms with Crippen LogP contribution in [0, 0.1) is 13.8 Å². The fourth-order valence-electron chi connectivity index (χ4n) is 2.30. The van der Waals surface area contributed by atoms with Crippen molar-refractivity contribution >= 4 is 11.8 Å². The molecule has 0 N–H and O–H groups in total. The maximum atomic E-state index is 12.3. The first-order valence-electron chi connectivity index (χ1n) is 8.32. The van der Waals surface area contributed by atoms with Crippen molar-refractivity contribution in [1.82, 2.24) is 0 Å².